The van der Waals surface area contributed by atoms with E-state index in [4.69, 9.17) is 5.11 Å². The molecule has 0 saturated carbocycles. The van der Waals surface area contributed by atoms with Crippen molar-refractivity contribution in [1.29, 1.82) is 0 Å². The van der Waals surface area contributed by atoms with Gasteiger partial charge in [-0.1, -0.05) is 6.08 Å². The third-order valence-electron chi connectivity index (χ3n) is 3.09. The van der Waals surface area contributed by atoms with Gasteiger partial charge in [-0.25, -0.2) is 4.79 Å². The Hall–Kier alpha value is -2.38. The normalized spacial score (nSPS) is 15.6. The molecule has 1 aromatic rings. The van der Waals surface area contributed by atoms with E-state index in [0.29, 0.717) is 0 Å². The molecule has 1 aromatic heterocycles. The molecule has 2 heterocycles. The number of carboxylic acids is 1. The molecule has 112 valence electrons. The molecule has 0 aliphatic carbocycles. The van der Waals surface area contributed by atoms with Gasteiger partial charge in [0.2, 0.25) is 0 Å². The highest BCUT2D eigenvalue weighted by atomic mass is 19.4. The molecule has 21 heavy (non-hydrogen) atoms. The largest absolute Gasteiger partial charge is 0.478 e. The minimum Gasteiger partial charge on any atom is -0.478 e. The molecule has 0 atom stereocenters. The summed E-state index contributed by atoms with van der Waals surface area (Å²) in [7, 11) is 0. The van der Waals surface area contributed by atoms with Crippen molar-refractivity contribution in [3.8, 4) is 0 Å². The number of aromatic carboxylic acids is 1. The first kappa shape index (κ1) is 15.0. The first-order valence-corrected chi connectivity index (χ1v) is 6.04. The molecule has 0 fully saturated rings. The second kappa shape index (κ2) is 5.55. The summed E-state index contributed by atoms with van der Waals surface area (Å²) >= 11 is 0. The van der Waals surface area contributed by atoms with Crippen LogP contribution in [0.25, 0.3) is 0 Å². The van der Waals surface area contributed by atoms with E-state index in [0.717, 1.165) is 12.1 Å². The summed E-state index contributed by atoms with van der Waals surface area (Å²) in [5, 5.41) is 8.84. The Morgan fingerprint density at radius 2 is 2.05 bits per heavy atom. The van der Waals surface area contributed by atoms with Crippen molar-refractivity contribution in [2.75, 3.05) is 13.1 Å². The lowest BCUT2D eigenvalue weighted by Crippen LogP contribution is -2.37. The van der Waals surface area contributed by atoms with Gasteiger partial charge in [-0.05, 0) is 18.6 Å². The minimum atomic E-state index is -4.38. The molecule has 1 aliphatic rings. The van der Waals surface area contributed by atoms with Crippen molar-refractivity contribution >= 4 is 11.9 Å². The minimum absolute atomic E-state index is 0.0802. The zero-order valence-corrected chi connectivity index (χ0v) is 10.7. The van der Waals surface area contributed by atoms with E-state index >= 15 is 0 Å². The molecular weight excluding hydrogens is 289 g/mol. The summed E-state index contributed by atoms with van der Waals surface area (Å²) in [5.41, 5.74) is -0.852. The Labute approximate surface area is 117 Å². The van der Waals surface area contributed by atoms with E-state index in [-0.39, 0.29) is 30.8 Å². The average molecular weight is 300 g/mol. The smallest absolute Gasteiger partial charge is 0.412 e. The van der Waals surface area contributed by atoms with E-state index in [2.05, 4.69) is 4.98 Å². The molecule has 5 nitrogen and oxygen atoms in total. The standard InChI is InChI=1S/C13H11F3N2O3/c14-13(15,16)9-2-5-18(6-3-9)11(19)10-7-8(12(20)21)1-4-17-10/h1-2,4,7H,3,5-6H2,(H,20,21). The Balaban J connectivity index is 2.14. The summed E-state index contributed by atoms with van der Waals surface area (Å²) in [6.45, 7) is -0.254. The van der Waals surface area contributed by atoms with Crippen LogP contribution in [0.15, 0.2) is 30.0 Å². The molecule has 0 saturated heterocycles. The SMILES string of the molecule is O=C(O)c1ccnc(C(=O)N2CC=C(C(F)(F)F)CC2)c1. The lowest BCUT2D eigenvalue weighted by atomic mass is 10.1. The van der Waals surface area contributed by atoms with Crippen molar-refractivity contribution in [2.24, 2.45) is 0 Å². The van der Waals surface area contributed by atoms with Crippen LogP contribution < -0.4 is 0 Å². The molecule has 0 bridgehead atoms. The molecule has 1 N–H and O–H groups in total. The van der Waals surface area contributed by atoms with Gasteiger partial charge in [-0.15, -0.1) is 0 Å². The van der Waals surface area contributed by atoms with E-state index in [1.54, 1.807) is 0 Å². The number of pyridine rings is 1. The molecule has 0 spiro atoms. The van der Waals surface area contributed by atoms with Crippen molar-refractivity contribution in [1.82, 2.24) is 9.88 Å². The Morgan fingerprint density at radius 1 is 1.33 bits per heavy atom. The predicted molar refractivity (Wildman–Crippen MR) is 65.9 cm³/mol. The van der Waals surface area contributed by atoms with Crippen LogP contribution in [0.4, 0.5) is 13.2 Å². The number of halogens is 3. The van der Waals surface area contributed by atoms with Crippen molar-refractivity contribution in [3.05, 3.63) is 41.2 Å². The topological polar surface area (TPSA) is 70.5 Å². The Bertz CT molecular complexity index is 611. The van der Waals surface area contributed by atoms with Crippen LogP contribution in [0, 0.1) is 0 Å². The molecular formula is C13H11F3N2O3. The van der Waals surface area contributed by atoms with Gasteiger partial charge in [0.05, 0.1) is 5.56 Å². The number of rotatable bonds is 2. The first-order chi connectivity index (χ1) is 9.79. The maximum absolute atomic E-state index is 12.5. The van der Waals surface area contributed by atoms with Gasteiger partial charge in [0.1, 0.15) is 5.69 Å². The van der Waals surface area contributed by atoms with E-state index in [9.17, 15) is 22.8 Å². The average Bonchev–Trinajstić information content (AvgIpc) is 2.46. The first-order valence-electron chi connectivity index (χ1n) is 6.04. The number of carboxylic acid groups (broad SMARTS) is 1. The van der Waals surface area contributed by atoms with Gasteiger partial charge in [-0.3, -0.25) is 9.78 Å². The Morgan fingerprint density at radius 3 is 2.57 bits per heavy atom. The molecule has 1 amide bonds. The molecule has 1 aliphatic heterocycles. The van der Waals surface area contributed by atoms with Crippen LogP contribution >= 0.6 is 0 Å². The zero-order chi connectivity index (χ0) is 15.6. The number of hydrogen-bond acceptors (Lipinski definition) is 3. The highest BCUT2D eigenvalue weighted by molar-refractivity contribution is 5.95. The lowest BCUT2D eigenvalue weighted by molar-refractivity contribution is -0.0957. The van der Waals surface area contributed by atoms with Crippen LogP contribution in [0.5, 0.6) is 0 Å². The van der Waals surface area contributed by atoms with Gasteiger partial charge in [0.15, 0.2) is 0 Å². The van der Waals surface area contributed by atoms with Crippen LogP contribution in [0.1, 0.15) is 27.3 Å². The fourth-order valence-corrected chi connectivity index (χ4v) is 1.95. The monoisotopic (exact) mass is 300 g/mol. The summed E-state index contributed by atoms with van der Waals surface area (Å²) in [4.78, 5) is 27.9. The number of hydrogen-bond donors (Lipinski definition) is 1. The van der Waals surface area contributed by atoms with Gasteiger partial charge >= 0.3 is 12.1 Å². The molecule has 8 heteroatoms. The molecule has 0 radical (unpaired) electrons. The summed E-state index contributed by atoms with van der Waals surface area (Å²) in [6, 6.07) is 2.34. The Kier molecular flexibility index (Phi) is 3.97. The number of nitrogens with zero attached hydrogens (tertiary/aromatic N) is 2. The van der Waals surface area contributed by atoms with Gasteiger partial charge in [-0.2, -0.15) is 13.2 Å². The highest BCUT2D eigenvalue weighted by Gasteiger charge is 2.35. The van der Waals surface area contributed by atoms with Crippen LogP contribution in [0.2, 0.25) is 0 Å². The molecule has 0 unspecified atom stereocenters. The molecule has 0 aromatic carbocycles. The number of alkyl halides is 3. The van der Waals surface area contributed by atoms with Gasteiger partial charge in [0, 0.05) is 24.9 Å². The number of carbonyl (C=O) groups excluding carboxylic acids is 1. The summed E-state index contributed by atoms with van der Waals surface area (Å²) in [5.74, 6) is -1.79. The van der Waals surface area contributed by atoms with Crippen molar-refractivity contribution in [3.63, 3.8) is 0 Å². The second-order valence-corrected chi connectivity index (χ2v) is 4.46. The molecule has 2 rings (SSSR count). The van der Waals surface area contributed by atoms with Gasteiger partial charge in [0.25, 0.3) is 5.91 Å². The van der Waals surface area contributed by atoms with Crippen LogP contribution in [0.3, 0.4) is 0 Å². The maximum Gasteiger partial charge on any atom is 0.412 e. The number of aromatic nitrogens is 1. The quantitative estimate of drug-likeness (QED) is 0.849. The fourth-order valence-electron chi connectivity index (χ4n) is 1.95. The van der Waals surface area contributed by atoms with Crippen molar-refractivity contribution in [2.45, 2.75) is 12.6 Å². The lowest BCUT2D eigenvalue weighted by Gasteiger charge is -2.27. The third kappa shape index (κ3) is 3.39. The number of carbonyl (C=O) groups is 2. The zero-order valence-electron chi connectivity index (χ0n) is 10.7. The summed E-state index contributed by atoms with van der Waals surface area (Å²) in [6.07, 6.45) is -2.52. The van der Waals surface area contributed by atoms with Crippen LogP contribution in [-0.4, -0.2) is 46.1 Å². The summed E-state index contributed by atoms with van der Waals surface area (Å²) < 4.78 is 37.5. The number of amides is 1. The van der Waals surface area contributed by atoms with E-state index in [1.807, 2.05) is 0 Å². The van der Waals surface area contributed by atoms with Crippen LogP contribution in [-0.2, 0) is 0 Å². The fraction of sp³-hybridized carbons (Fsp3) is 0.308. The van der Waals surface area contributed by atoms with Gasteiger partial charge < -0.3 is 10.0 Å². The van der Waals surface area contributed by atoms with Crippen molar-refractivity contribution < 1.29 is 27.9 Å². The second-order valence-electron chi connectivity index (χ2n) is 4.46. The predicted octanol–water partition coefficient (Wildman–Crippen LogP) is 2.11. The highest BCUT2D eigenvalue weighted by Crippen LogP contribution is 2.30. The maximum atomic E-state index is 12.5. The van der Waals surface area contributed by atoms with E-state index in [1.165, 1.54) is 17.2 Å². The third-order valence-corrected chi connectivity index (χ3v) is 3.09. The van der Waals surface area contributed by atoms with E-state index < -0.39 is 23.6 Å².